The summed E-state index contributed by atoms with van der Waals surface area (Å²) in [5.74, 6) is -1.45. The number of nitrogens with zero attached hydrogens (tertiary/aromatic N) is 1. The molecular formula is C18H17NO3. The Morgan fingerprint density at radius 3 is 1.77 bits per heavy atom. The topological polar surface area (TPSA) is 57.6 Å². The molecular weight excluding hydrogens is 278 g/mol. The number of carboxylic acid groups (broad SMARTS) is 1. The third-order valence-electron chi connectivity index (χ3n) is 3.19. The van der Waals surface area contributed by atoms with Crippen LogP contribution in [0.2, 0.25) is 0 Å². The van der Waals surface area contributed by atoms with E-state index in [0.29, 0.717) is 17.8 Å². The lowest BCUT2D eigenvalue weighted by Crippen LogP contribution is -2.27. The lowest BCUT2D eigenvalue weighted by molar-refractivity contribution is -0.131. The molecule has 0 aliphatic rings. The molecule has 0 heterocycles. The Morgan fingerprint density at radius 1 is 0.955 bits per heavy atom. The normalized spacial score (nSPS) is 11.0. The monoisotopic (exact) mass is 295 g/mol. The van der Waals surface area contributed by atoms with Crippen molar-refractivity contribution in [2.45, 2.75) is 13.3 Å². The fourth-order valence-electron chi connectivity index (χ4n) is 2.15. The summed E-state index contributed by atoms with van der Waals surface area (Å²) < 4.78 is 0. The van der Waals surface area contributed by atoms with Crippen LogP contribution in [0.25, 0.3) is 0 Å². The summed E-state index contributed by atoms with van der Waals surface area (Å²) in [6.45, 7) is 1.76. The standard InChI is InChI=1S/C18H17NO3/c1-2-14(13-17(20)21)18(22)19(15-9-5-3-6-10-15)16-11-7-4-8-12-16/h3-13H,2H2,1H3,(H,20,21). The van der Waals surface area contributed by atoms with Gasteiger partial charge in [-0.15, -0.1) is 0 Å². The van der Waals surface area contributed by atoms with Crippen molar-refractivity contribution in [3.8, 4) is 0 Å². The predicted octanol–water partition coefficient (Wildman–Crippen LogP) is 3.77. The number of amides is 1. The average Bonchev–Trinajstić information content (AvgIpc) is 2.54. The largest absolute Gasteiger partial charge is 0.478 e. The minimum Gasteiger partial charge on any atom is -0.478 e. The second-order valence-electron chi connectivity index (χ2n) is 4.67. The zero-order valence-corrected chi connectivity index (χ0v) is 12.3. The first kappa shape index (κ1) is 15.5. The molecule has 0 fully saturated rings. The van der Waals surface area contributed by atoms with Gasteiger partial charge in [0, 0.05) is 23.0 Å². The van der Waals surface area contributed by atoms with Crippen molar-refractivity contribution >= 4 is 23.3 Å². The number of aliphatic carboxylic acids is 1. The molecule has 0 saturated heterocycles. The lowest BCUT2D eigenvalue weighted by Gasteiger charge is -2.24. The number of carbonyl (C=O) groups excluding carboxylic acids is 1. The third kappa shape index (κ3) is 3.61. The quantitative estimate of drug-likeness (QED) is 0.854. The molecule has 112 valence electrons. The maximum atomic E-state index is 12.8. The van der Waals surface area contributed by atoms with Crippen LogP contribution in [-0.2, 0) is 9.59 Å². The smallest absolute Gasteiger partial charge is 0.328 e. The fraction of sp³-hybridized carbons (Fsp3) is 0.111. The highest BCUT2D eigenvalue weighted by Crippen LogP contribution is 2.27. The molecule has 0 bridgehead atoms. The first-order chi connectivity index (χ1) is 10.6. The first-order valence-corrected chi connectivity index (χ1v) is 7.01. The maximum Gasteiger partial charge on any atom is 0.328 e. The van der Waals surface area contributed by atoms with Gasteiger partial charge in [-0.05, 0) is 30.7 Å². The maximum absolute atomic E-state index is 12.8. The highest BCUT2D eigenvalue weighted by Gasteiger charge is 2.21. The van der Waals surface area contributed by atoms with E-state index in [9.17, 15) is 9.59 Å². The van der Waals surface area contributed by atoms with Crippen molar-refractivity contribution in [3.05, 3.63) is 72.3 Å². The van der Waals surface area contributed by atoms with Gasteiger partial charge in [-0.2, -0.15) is 0 Å². The van der Waals surface area contributed by atoms with E-state index in [1.165, 1.54) is 4.90 Å². The van der Waals surface area contributed by atoms with Gasteiger partial charge in [0.2, 0.25) is 0 Å². The van der Waals surface area contributed by atoms with Gasteiger partial charge < -0.3 is 5.11 Å². The van der Waals surface area contributed by atoms with Crippen LogP contribution in [0.3, 0.4) is 0 Å². The number of anilines is 2. The summed E-state index contributed by atoms with van der Waals surface area (Å²) in [5, 5.41) is 8.94. The van der Waals surface area contributed by atoms with Gasteiger partial charge in [0.05, 0.1) is 0 Å². The first-order valence-electron chi connectivity index (χ1n) is 7.01. The molecule has 0 aromatic heterocycles. The minimum absolute atomic E-state index is 0.250. The highest BCUT2D eigenvalue weighted by molar-refractivity contribution is 6.12. The van der Waals surface area contributed by atoms with Crippen molar-refractivity contribution in [3.63, 3.8) is 0 Å². The Hall–Kier alpha value is -2.88. The summed E-state index contributed by atoms with van der Waals surface area (Å²) in [7, 11) is 0. The van der Waals surface area contributed by atoms with Gasteiger partial charge in [0.25, 0.3) is 5.91 Å². The molecule has 2 rings (SSSR count). The summed E-state index contributed by atoms with van der Waals surface area (Å²) in [6.07, 6.45) is 1.32. The number of carboxylic acids is 1. The fourth-order valence-corrected chi connectivity index (χ4v) is 2.15. The number of rotatable bonds is 5. The minimum atomic E-state index is -1.12. The van der Waals surface area contributed by atoms with Crippen molar-refractivity contribution in [2.75, 3.05) is 4.90 Å². The summed E-state index contributed by atoms with van der Waals surface area (Å²) in [6, 6.07) is 18.4. The van der Waals surface area contributed by atoms with Gasteiger partial charge in [0.1, 0.15) is 0 Å². The molecule has 0 spiro atoms. The van der Waals surface area contributed by atoms with Gasteiger partial charge in [-0.25, -0.2) is 4.79 Å². The number of benzene rings is 2. The van der Waals surface area contributed by atoms with E-state index >= 15 is 0 Å². The molecule has 2 aromatic rings. The lowest BCUT2D eigenvalue weighted by atomic mass is 10.1. The van der Waals surface area contributed by atoms with Crippen LogP contribution in [0.1, 0.15) is 13.3 Å². The van der Waals surface area contributed by atoms with Crippen LogP contribution in [0.4, 0.5) is 11.4 Å². The van der Waals surface area contributed by atoms with Crippen LogP contribution < -0.4 is 4.90 Å². The predicted molar refractivity (Wildman–Crippen MR) is 86.0 cm³/mol. The van der Waals surface area contributed by atoms with Crippen LogP contribution in [0, 0.1) is 0 Å². The number of para-hydroxylation sites is 2. The van der Waals surface area contributed by atoms with Crippen LogP contribution >= 0.6 is 0 Å². The van der Waals surface area contributed by atoms with Gasteiger partial charge in [-0.1, -0.05) is 43.3 Å². The molecule has 0 aliphatic heterocycles. The molecule has 0 unspecified atom stereocenters. The molecule has 0 atom stereocenters. The van der Waals surface area contributed by atoms with E-state index in [4.69, 9.17) is 5.11 Å². The van der Waals surface area contributed by atoms with Crippen molar-refractivity contribution < 1.29 is 14.7 Å². The summed E-state index contributed by atoms with van der Waals surface area (Å²) >= 11 is 0. The van der Waals surface area contributed by atoms with Crippen LogP contribution in [0.5, 0.6) is 0 Å². The van der Waals surface area contributed by atoms with Crippen LogP contribution in [-0.4, -0.2) is 17.0 Å². The van der Waals surface area contributed by atoms with Crippen molar-refractivity contribution in [1.82, 2.24) is 0 Å². The Balaban J connectivity index is 2.50. The second kappa shape index (κ2) is 7.22. The number of hydrogen-bond donors (Lipinski definition) is 1. The molecule has 0 radical (unpaired) electrons. The van der Waals surface area contributed by atoms with Crippen molar-refractivity contribution in [2.24, 2.45) is 0 Å². The number of hydrogen-bond acceptors (Lipinski definition) is 2. The Labute approximate surface area is 129 Å². The third-order valence-corrected chi connectivity index (χ3v) is 3.19. The van der Waals surface area contributed by atoms with E-state index in [-0.39, 0.29) is 11.5 Å². The van der Waals surface area contributed by atoms with Gasteiger partial charge in [0.15, 0.2) is 0 Å². The second-order valence-corrected chi connectivity index (χ2v) is 4.67. The van der Waals surface area contributed by atoms with E-state index in [2.05, 4.69) is 0 Å². The summed E-state index contributed by atoms with van der Waals surface area (Å²) in [4.78, 5) is 25.3. The molecule has 4 heteroatoms. The average molecular weight is 295 g/mol. The Morgan fingerprint density at radius 2 is 1.41 bits per heavy atom. The molecule has 0 aliphatic carbocycles. The van der Waals surface area contributed by atoms with E-state index in [0.717, 1.165) is 6.08 Å². The Bertz CT molecular complexity index is 638. The molecule has 4 nitrogen and oxygen atoms in total. The molecule has 1 amide bonds. The zero-order chi connectivity index (χ0) is 15.9. The molecule has 22 heavy (non-hydrogen) atoms. The molecule has 0 saturated carbocycles. The molecule has 2 aromatic carbocycles. The van der Waals surface area contributed by atoms with Crippen LogP contribution in [0.15, 0.2) is 72.3 Å². The van der Waals surface area contributed by atoms with E-state index < -0.39 is 5.97 Å². The van der Waals surface area contributed by atoms with Gasteiger partial charge >= 0.3 is 5.97 Å². The van der Waals surface area contributed by atoms with Crippen molar-refractivity contribution in [1.29, 1.82) is 0 Å². The zero-order valence-electron chi connectivity index (χ0n) is 12.3. The Kier molecular flexibility index (Phi) is 5.09. The number of carbonyl (C=O) groups is 2. The van der Waals surface area contributed by atoms with Gasteiger partial charge in [-0.3, -0.25) is 9.69 Å². The highest BCUT2D eigenvalue weighted by atomic mass is 16.4. The van der Waals surface area contributed by atoms with E-state index in [1.807, 2.05) is 60.7 Å². The SMILES string of the molecule is CCC(=CC(=O)O)C(=O)N(c1ccccc1)c1ccccc1. The van der Waals surface area contributed by atoms with E-state index in [1.54, 1.807) is 6.92 Å². The summed E-state index contributed by atoms with van der Waals surface area (Å²) in [5.41, 5.74) is 1.65. The molecule has 1 N–H and O–H groups in total.